The van der Waals surface area contributed by atoms with Crippen LogP contribution in [0.4, 0.5) is 4.39 Å². The van der Waals surface area contributed by atoms with E-state index in [0.717, 1.165) is 12.0 Å². The van der Waals surface area contributed by atoms with E-state index >= 15 is 0 Å². The Hall–Kier alpha value is -4.25. The zero-order valence-corrected chi connectivity index (χ0v) is 20.0. The van der Waals surface area contributed by atoms with Crippen LogP contribution in [0, 0.1) is 11.7 Å². The van der Waals surface area contributed by atoms with Crippen molar-refractivity contribution in [2.45, 2.75) is 12.5 Å². The van der Waals surface area contributed by atoms with Crippen LogP contribution in [-0.4, -0.2) is 71.5 Å². The molecule has 2 aliphatic heterocycles. The third kappa shape index (κ3) is 4.10. The van der Waals surface area contributed by atoms with E-state index in [-0.39, 0.29) is 36.1 Å². The molecule has 2 aromatic carbocycles. The molecule has 2 aliphatic rings. The average molecular weight is 506 g/mol. The van der Waals surface area contributed by atoms with E-state index in [4.69, 9.17) is 14.0 Å². The van der Waals surface area contributed by atoms with Crippen LogP contribution in [0.3, 0.4) is 0 Å². The summed E-state index contributed by atoms with van der Waals surface area (Å²) in [6.07, 6.45) is 0.822. The molecule has 0 spiro atoms. The topological polar surface area (TPSA) is 123 Å². The van der Waals surface area contributed by atoms with E-state index < -0.39 is 5.82 Å². The molecular formula is C26H24FN5O5. The van der Waals surface area contributed by atoms with Crippen LogP contribution in [0.5, 0.6) is 5.75 Å². The van der Waals surface area contributed by atoms with Crippen molar-refractivity contribution in [3.05, 3.63) is 53.8 Å². The van der Waals surface area contributed by atoms with E-state index in [1.807, 2.05) is 0 Å². The summed E-state index contributed by atoms with van der Waals surface area (Å²) >= 11 is 0. The number of halogens is 1. The maximum atomic E-state index is 14.6. The molecule has 37 heavy (non-hydrogen) atoms. The number of hydrogen-bond acceptors (Lipinski definition) is 7. The van der Waals surface area contributed by atoms with Gasteiger partial charge in [0, 0.05) is 54.8 Å². The highest BCUT2D eigenvalue weighted by Gasteiger charge is 2.45. The number of rotatable bonds is 7. The molecule has 2 atom stereocenters. The van der Waals surface area contributed by atoms with Crippen LogP contribution in [0.2, 0.25) is 0 Å². The van der Waals surface area contributed by atoms with Gasteiger partial charge in [-0.15, -0.1) is 0 Å². The fraction of sp³-hybridized carbons (Fsp3) is 0.308. The maximum Gasteiger partial charge on any atom is 0.254 e. The zero-order valence-electron chi connectivity index (χ0n) is 20.0. The molecule has 2 saturated heterocycles. The predicted octanol–water partition coefficient (Wildman–Crippen LogP) is 3.01. The first-order valence-electron chi connectivity index (χ1n) is 12.0. The zero-order chi connectivity index (χ0) is 25.5. The summed E-state index contributed by atoms with van der Waals surface area (Å²) in [5.74, 6) is -0.109. The molecule has 0 bridgehead atoms. The highest BCUT2D eigenvalue weighted by atomic mass is 19.1. The number of H-pyrrole nitrogens is 1. The Bertz CT molecular complexity index is 1480. The van der Waals surface area contributed by atoms with Gasteiger partial charge < -0.3 is 24.2 Å². The minimum absolute atomic E-state index is 0.0804. The van der Waals surface area contributed by atoms with Gasteiger partial charge >= 0.3 is 0 Å². The summed E-state index contributed by atoms with van der Waals surface area (Å²) < 4.78 is 30.5. The van der Waals surface area contributed by atoms with Crippen molar-refractivity contribution in [1.82, 2.24) is 25.6 Å². The van der Waals surface area contributed by atoms with Crippen molar-refractivity contribution in [3.63, 3.8) is 0 Å². The fourth-order valence-corrected chi connectivity index (χ4v) is 5.01. The number of amides is 2. The smallest absolute Gasteiger partial charge is 0.254 e. The lowest BCUT2D eigenvalue weighted by Gasteiger charge is -2.22. The fourth-order valence-electron chi connectivity index (χ4n) is 5.01. The normalized spacial score (nSPS) is 18.9. The van der Waals surface area contributed by atoms with Crippen LogP contribution in [0.15, 0.2) is 47.0 Å². The molecule has 4 aromatic rings. The Morgan fingerprint density at radius 2 is 2.05 bits per heavy atom. The van der Waals surface area contributed by atoms with Crippen LogP contribution in [0.25, 0.3) is 33.6 Å². The van der Waals surface area contributed by atoms with E-state index in [9.17, 15) is 14.0 Å². The van der Waals surface area contributed by atoms with Crippen LogP contribution < -0.4 is 10.1 Å². The Labute approximate surface area is 210 Å². The standard InChI is InChI=1S/C26H24FN5O5/c1-35-8-9-36-21-12-20-17(10-18(21)27)23(30-29-20)22-11-19(31-37-22)14-2-4-15(5-3-14)26(34)32-7-6-16-13-28-25(33)24(16)32/h2-5,10-12,16,24H,6-9,13H2,1H3,(H,28,33)(H,29,30). The van der Waals surface area contributed by atoms with Crippen molar-refractivity contribution < 1.29 is 28.0 Å². The second-order valence-corrected chi connectivity index (χ2v) is 9.13. The number of aromatic nitrogens is 3. The first kappa shape index (κ1) is 23.2. The van der Waals surface area contributed by atoms with Crippen molar-refractivity contribution in [1.29, 1.82) is 0 Å². The molecule has 11 heteroatoms. The first-order chi connectivity index (χ1) is 18.0. The molecule has 0 saturated carbocycles. The van der Waals surface area contributed by atoms with Gasteiger partial charge in [0.25, 0.3) is 5.91 Å². The molecule has 6 rings (SSSR count). The van der Waals surface area contributed by atoms with Crippen LogP contribution in [-0.2, 0) is 9.53 Å². The third-order valence-electron chi connectivity index (χ3n) is 6.92. The molecule has 2 amide bonds. The number of aromatic amines is 1. The summed E-state index contributed by atoms with van der Waals surface area (Å²) in [4.78, 5) is 26.9. The number of carbonyl (C=O) groups excluding carboxylic acids is 2. The van der Waals surface area contributed by atoms with Gasteiger partial charge in [0.2, 0.25) is 5.91 Å². The third-order valence-corrected chi connectivity index (χ3v) is 6.92. The van der Waals surface area contributed by atoms with E-state index in [2.05, 4.69) is 20.7 Å². The van der Waals surface area contributed by atoms with E-state index in [1.165, 1.54) is 6.07 Å². The number of carbonyl (C=O) groups is 2. The van der Waals surface area contributed by atoms with Gasteiger partial charge in [-0.3, -0.25) is 14.7 Å². The van der Waals surface area contributed by atoms with Gasteiger partial charge in [-0.05, 0) is 24.6 Å². The summed E-state index contributed by atoms with van der Waals surface area (Å²) in [6.45, 7) is 1.78. The minimum atomic E-state index is -0.523. The van der Waals surface area contributed by atoms with Crippen molar-refractivity contribution in [2.75, 3.05) is 33.4 Å². The van der Waals surface area contributed by atoms with E-state index in [0.29, 0.717) is 53.3 Å². The Balaban J connectivity index is 1.21. The predicted molar refractivity (Wildman–Crippen MR) is 130 cm³/mol. The van der Waals surface area contributed by atoms with Crippen molar-refractivity contribution >= 4 is 22.7 Å². The lowest BCUT2D eigenvalue weighted by atomic mass is 10.0. The lowest BCUT2D eigenvalue weighted by molar-refractivity contribution is -0.122. The molecule has 0 radical (unpaired) electrons. The molecule has 2 fully saturated rings. The Morgan fingerprint density at radius 1 is 1.22 bits per heavy atom. The number of benzene rings is 2. The van der Waals surface area contributed by atoms with Crippen LogP contribution in [0.1, 0.15) is 16.8 Å². The quantitative estimate of drug-likeness (QED) is 0.370. The van der Waals surface area contributed by atoms with Gasteiger partial charge in [0.15, 0.2) is 17.3 Å². The number of methoxy groups -OCH3 is 1. The maximum absolute atomic E-state index is 14.6. The molecule has 10 nitrogen and oxygen atoms in total. The van der Waals surface area contributed by atoms with E-state index in [1.54, 1.807) is 48.4 Å². The van der Waals surface area contributed by atoms with Gasteiger partial charge in [-0.2, -0.15) is 5.10 Å². The lowest BCUT2D eigenvalue weighted by Crippen LogP contribution is -2.42. The number of nitrogens with zero attached hydrogens (tertiary/aromatic N) is 3. The number of hydrogen-bond donors (Lipinski definition) is 2. The summed E-state index contributed by atoms with van der Waals surface area (Å²) in [5, 5.41) is 14.7. The molecule has 190 valence electrons. The summed E-state index contributed by atoms with van der Waals surface area (Å²) in [7, 11) is 1.55. The minimum Gasteiger partial charge on any atom is -0.488 e. The van der Waals surface area contributed by atoms with Gasteiger partial charge in [-0.1, -0.05) is 17.3 Å². The number of likely N-dealkylation sites (tertiary alicyclic amines) is 1. The van der Waals surface area contributed by atoms with Gasteiger partial charge in [0.1, 0.15) is 24.0 Å². The number of ether oxygens (including phenoxy) is 2. The first-order valence-corrected chi connectivity index (χ1v) is 12.0. The Kier molecular flexibility index (Phi) is 5.84. The molecule has 2 aromatic heterocycles. The SMILES string of the molecule is COCCOc1cc2[nH]nc(-c3cc(-c4ccc(C(=O)N5CCC6CNC(=O)C65)cc4)no3)c2cc1F. The van der Waals surface area contributed by atoms with Gasteiger partial charge in [-0.25, -0.2) is 4.39 Å². The van der Waals surface area contributed by atoms with Crippen molar-refractivity contribution in [2.24, 2.45) is 5.92 Å². The summed E-state index contributed by atoms with van der Waals surface area (Å²) in [5.41, 5.74) is 2.79. The molecule has 4 heterocycles. The highest BCUT2D eigenvalue weighted by Crippen LogP contribution is 2.33. The second-order valence-electron chi connectivity index (χ2n) is 9.13. The van der Waals surface area contributed by atoms with Gasteiger partial charge in [0.05, 0.1) is 12.1 Å². The Morgan fingerprint density at radius 3 is 2.86 bits per heavy atom. The number of nitrogens with one attached hydrogen (secondary N) is 2. The van der Waals surface area contributed by atoms with Crippen LogP contribution >= 0.6 is 0 Å². The molecular weight excluding hydrogens is 481 g/mol. The molecule has 2 N–H and O–H groups in total. The molecule has 0 aliphatic carbocycles. The highest BCUT2D eigenvalue weighted by molar-refractivity contribution is 5.99. The summed E-state index contributed by atoms with van der Waals surface area (Å²) in [6, 6.07) is 11.2. The number of fused-ring (bicyclic) bond motifs is 2. The molecule has 2 unspecified atom stereocenters. The largest absolute Gasteiger partial charge is 0.488 e. The average Bonchev–Trinajstić information content (AvgIpc) is 3.69. The second kappa shape index (κ2) is 9.32. The monoisotopic (exact) mass is 505 g/mol. The van der Waals surface area contributed by atoms with Crippen molar-refractivity contribution in [3.8, 4) is 28.5 Å².